The van der Waals surface area contributed by atoms with E-state index in [1.165, 1.54) is 19.1 Å². The summed E-state index contributed by atoms with van der Waals surface area (Å²) in [6.45, 7) is 1.48. The van der Waals surface area contributed by atoms with Gasteiger partial charge in [-0.15, -0.1) is 0 Å². The molecule has 1 aliphatic carbocycles. The summed E-state index contributed by atoms with van der Waals surface area (Å²) in [5, 5.41) is 4.18. The van der Waals surface area contributed by atoms with Gasteiger partial charge in [-0.25, -0.2) is 0 Å². The Hall–Kier alpha value is -3.06. The van der Waals surface area contributed by atoms with E-state index in [-0.39, 0.29) is 27.4 Å². The van der Waals surface area contributed by atoms with Gasteiger partial charge in [-0.3, -0.25) is 9.59 Å². The monoisotopic (exact) mass is 352 g/mol. The number of carbonyl (C=O) groups is 2. The van der Waals surface area contributed by atoms with Gasteiger partial charge in [0.2, 0.25) is 11.6 Å². The van der Waals surface area contributed by atoms with Gasteiger partial charge in [-0.2, -0.15) is 17.6 Å². The van der Waals surface area contributed by atoms with Crippen molar-refractivity contribution in [3.63, 3.8) is 0 Å². The number of benzene rings is 2. The Kier molecular flexibility index (Phi) is 3.23. The first kappa shape index (κ1) is 15.5. The van der Waals surface area contributed by atoms with Crippen LogP contribution in [0.5, 0.6) is 0 Å². The molecule has 2 aromatic carbocycles. The largest absolute Gasteiger partial charge is 0.285 e. The maximum Gasteiger partial charge on any atom is 0.283 e. The fourth-order valence-corrected chi connectivity index (χ4v) is 4.33. The summed E-state index contributed by atoms with van der Waals surface area (Å²) in [7, 11) is -3.97. The van der Waals surface area contributed by atoms with E-state index in [2.05, 4.69) is 5.10 Å². The molecule has 0 aliphatic heterocycles. The number of Topliss-reactive ketones (excluding diaryl/α,β-unsaturated/α-hetero) is 2. The first-order valence-electron chi connectivity index (χ1n) is 7.51. The number of carbonyl (C=O) groups excluding carboxylic acids is 2. The third-order valence-electron chi connectivity index (χ3n) is 4.21. The Labute approximate surface area is 143 Å². The summed E-state index contributed by atoms with van der Waals surface area (Å²) in [5.41, 5.74) is 1.10. The van der Waals surface area contributed by atoms with Crippen molar-refractivity contribution in [2.45, 2.75) is 11.8 Å². The predicted molar refractivity (Wildman–Crippen MR) is 90.1 cm³/mol. The van der Waals surface area contributed by atoms with Gasteiger partial charge in [0.25, 0.3) is 10.0 Å². The van der Waals surface area contributed by atoms with E-state index < -0.39 is 21.6 Å². The van der Waals surface area contributed by atoms with Crippen LogP contribution in [-0.4, -0.2) is 29.2 Å². The quantitative estimate of drug-likeness (QED) is 0.661. The lowest BCUT2D eigenvalue weighted by Gasteiger charge is -2.12. The normalized spacial score (nSPS) is 13.5. The van der Waals surface area contributed by atoms with E-state index in [0.29, 0.717) is 5.56 Å². The minimum atomic E-state index is -3.97. The average Bonchev–Trinajstić information content (AvgIpc) is 2.99. The van der Waals surface area contributed by atoms with E-state index in [4.69, 9.17) is 0 Å². The second kappa shape index (κ2) is 5.22. The van der Waals surface area contributed by atoms with Crippen molar-refractivity contribution in [1.29, 1.82) is 0 Å². The zero-order valence-corrected chi connectivity index (χ0v) is 13.9. The molecular weight excluding hydrogens is 340 g/mol. The van der Waals surface area contributed by atoms with Crippen LogP contribution in [0.1, 0.15) is 26.4 Å². The lowest BCUT2D eigenvalue weighted by Crippen LogP contribution is -2.21. The number of fused-ring (bicyclic) bond motifs is 3. The molecule has 0 N–H and O–H groups in total. The molecule has 0 unspecified atom stereocenters. The van der Waals surface area contributed by atoms with Crippen molar-refractivity contribution in [2.24, 2.45) is 0 Å². The Morgan fingerprint density at radius 1 is 0.840 bits per heavy atom. The molecule has 0 radical (unpaired) electrons. The van der Waals surface area contributed by atoms with Crippen LogP contribution in [-0.2, 0) is 10.0 Å². The standard InChI is InChI=1S/C18H12N2O4S/c1-11-15-16(13-9-5-6-10-14(13)17(21)18(15)22)19-20(11)25(23,24)12-7-3-2-4-8-12/h2-10H,1H3. The molecule has 0 fully saturated rings. The van der Waals surface area contributed by atoms with Crippen LogP contribution >= 0.6 is 0 Å². The van der Waals surface area contributed by atoms with Crippen LogP contribution in [0.2, 0.25) is 0 Å². The molecule has 0 saturated carbocycles. The third kappa shape index (κ3) is 2.09. The summed E-state index contributed by atoms with van der Waals surface area (Å²) >= 11 is 0. The van der Waals surface area contributed by atoms with Gasteiger partial charge in [0.1, 0.15) is 5.69 Å². The van der Waals surface area contributed by atoms with Crippen LogP contribution in [0.15, 0.2) is 59.5 Å². The van der Waals surface area contributed by atoms with E-state index in [1.54, 1.807) is 42.5 Å². The number of rotatable bonds is 2. The van der Waals surface area contributed by atoms with Crippen LogP contribution in [0.4, 0.5) is 0 Å². The van der Waals surface area contributed by atoms with E-state index in [1.807, 2.05) is 0 Å². The maximum absolute atomic E-state index is 12.9. The summed E-state index contributed by atoms with van der Waals surface area (Å²) in [6, 6.07) is 14.4. The molecule has 0 atom stereocenters. The van der Waals surface area contributed by atoms with E-state index >= 15 is 0 Å². The minimum Gasteiger partial charge on any atom is -0.285 e. The molecular formula is C18H12N2O4S. The summed E-state index contributed by atoms with van der Waals surface area (Å²) < 4.78 is 26.6. The van der Waals surface area contributed by atoms with Crippen LogP contribution < -0.4 is 0 Å². The Balaban J connectivity index is 2.02. The van der Waals surface area contributed by atoms with E-state index in [0.717, 1.165) is 4.09 Å². The average molecular weight is 352 g/mol. The fraction of sp³-hybridized carbons (Fsp3) is 0.0556. The number of aromatic nitrogens is 2. The van der Waals surface area contributed by atoms with Crippen molar-refractivity contribution in [3.05, 3.63) is 71.4 Å². The SMILES string of the molecule is Cc1c2c(nn1S(=O)(=O)c1ccccc1)-c1ccccc1C(=O)C2=O. The molecule has 7 heteroatoms. The van der Waals surface area contributed by atoms with Gasteiger partial charge < -0.3 is 0 Å². The summed E-state index contributed by atoms with van der Waals surface area (Å²) in [5.74, 6) is -1.39. The maximum atomic E-state index is 12.9. The molecule has 0 spiro atoms. The van der Waals surface area contributed by atoms with Gasteiger partial charge in [-0.05, 0) is 19.1 Å². The molecule has 124 valence electrons. The first-order valence-corrected chi connectivity index (χ1v) is 8.95. The molecule has 1 aromatic heterocycles. The highest BCUT2D eigenvalue weighted by atomic mass is 32.2. The van der Waals surface area contributed by atoms with E-state index in [9.17, 15) is 18.0 Å². The highest BCUT2D eigenvalue weighted by Gasteiger charge is 2.37. The van der Waals surface area contributed by atoms with Gasteiger partial charge >= 0.3 is 0 Å². The van der Waals surface area contributed by atoms with Gasteiger partial charge in [0.15, 0.2) is 0 Å². The molecule has 0 amide bonds. The Morgan fingerprint density at radius 2 is 1.44 bits per heavy atom. The molecule has 1 heterocycles. The van der Waals surface area contributed by atoms with Gasteiger partial charge in [-0.1, -0.05) is 42.5 Å². The van der Waals surface area contributed by atoms with Crippen molar-refractivity contribution >= 4 is 21.6 Å². The fourth-order valence-electron chi connectivity index (χ4n) is 2.99. The molecule has 3 aromatic rings. The lowest BCUT2D eigenvalue weighted by molar-refractivity contribution is 0.0815. The van der Waals surface area contributed by atoms with Crippen LogP contribution in [0.25, 0.3) is 11.3 Å². The summed E-state index contributed by atoms with van der Waals surface area (Å²) in [4.78, 5) is 24.9. The molecule has 6 nitrogen and oxygen atoms in total. The zero-order valence-electron chi connectivity index (χ0n) is 13.1. The molecule has 1 aliphatic rings. The number of nitrogens with zero attached hydrogens (tertiary/aromatic N) is 2. The zero-order chi connectivity index (χ0) is 17.8. The summed E-state index contributed by atoms with van der Waals surface area (Å²) in [6.07, 6.45) is 0. The second-order valence-electron chi connectivity index (χ2n) is 5.67. The highest BCUT2D eigenvalue weighted by molar-refractivity contribution is 7.89. The predicted octanol–water partition coefficient (Wildman–Crippen LogP) is 2.47. The van der Waals surface area contributed by atoms with Crippen LogP contribution in [0.3, 0.4) is 0 Å². The number of hydrogen-bond donors (Lipinski definition) is 0. The van der Waals surface area contributed by atoms with Gasteiger partial charge in [0.05, 0.1) is 16.2 Å². The van der Waals surface area contributed by atoms with Gasteiger partial charge in [0, 0.05) is 11.1 Å². The smallest absolute Gasteiger partial charge is 0.283 e. The lowest BCUT2D eigenvalue weighted by atomic mass is 9.87. The molecule has 0 bridgehead atoms. The van der Waals surface area contributed by atoms with Crippen molar-refractivity contribution in [3.8, 4) is 11.3 Å². The van der Waals surface area contributed by atoms with Crippen molar-refractivity contribution < 1.29 is 18.0 Å². The topological polar surface area (TPSA) is 86.1 Å². The number of hydrogen-bond acceptors (Lipinski definition) is 5. The molecule has 4 rings (SSSR count). The van der Waals surface area contributed by atoms with Crippen LogP contribution in [0, 0.1) is 6.92 Å². The van der Waals surface area contributed by atoms with Crippen molar-refractivity contribution in [2.75, 3.05) is 0 Å². The third-order valence-corrected chi connectivity index (χ3v) is 5.88. The molecule has 0 saturated heterocycles. The number of ketones is 2. The highest BCUT2D eigenvalue weighted by Crippen LogP contribution is 2.35. The molecule has 25 heavy (non-hydrogen) atoms. The van der Waals surface area contributed by atoms with Crippen molar-refractivity contribution in [1.82, 2.24) is 9.19 Å². The Bertz CT molecular complexity index is 1150. The second-order valence-corrected chi connectivity index (χ2v) is 7.44. The minimum absolute atomic E-state index is 0.0446. The Morgan fingerprint density at radius 3 is 2.12 bits per heavy atom. The first-order chi connectivity index (χ1) is 11.9.